The summed E-state index contributed by atoms with van der Waals surface area (Å²) in [6.45, 7) is 28.6. The molecule has 0 saturated heterocycles. The van der Waals surface area contributed by atoms with Crippen molar-refractivity contribution in [3.8, 4) is 33.8 Å². The highest BCUT2D eigenvalue weighted by Crippen LogP contribution is 2.31. The number of fused-ring (bicyclic) bond motifs is 3. The first-order valence-corrected chi connectivity index (χ1v) is 24.4. The molecule has 0 aliphatic rings. The lowest BCUT2D eigenvalue weighted by molar-refractivity contribution is -0.659. The summed E-state index contributed by atoms with van der Waals surface area (Å²) in [5, 5.41) is 6.25. The van der Waals surface area contributed by atoms with Crippen LogP contribution in [-0.2, 0) is 27.6 Å². The second-order valence-corrected chi connectivity index (χ2v) is 20.3. The van der Waals surface area contributed by atoms with Gasteiger partial charge in [-0.2, -0.15) is 4.57 Å². The lowest BCUT2D eigenvalue weighted by atomic mass is 9.95. The molecule has 6 aromatic heterocycles. The Balaban J connectivity index is 0.000000151. The Morgan fingerprint density at radius 1 is 0.471 bits per heavy atom. The summed E-state index contributed by atoms with van der Waals surface area (Å²) in [6, 6.07) is 26.6. The van der Waals surface area contributed by atoms with Gasteiger partial charge in [0, 0.05) is 82.0 Å². The standard InChI is InChI=1S/C22H27N2.C21H25N2.C19H21N2/c1-14(2)7-18-11-23-12-19-10-22(24(6)13-21(18)19)20-9-15(3)8-16(4)17(20)5;1-13(2)19-11-22-10-17-9-21(23(6)12-20(17)19)18-8-14(3)7-15(4)16(18)5;1-13(2)16-9-15-10-19(17-8-6-5-7-14(17)3)21(4)12-18(15)20-11-16/h8-14H,7H2,1-6H3;7-13H,1-6H3;5-13H,1-4H3/q3*+1. The Morgan fingerprint density at radius 3 is 1.54 bits per heavy atom. The predicted molar refractivity (Wildman–Crippen MR) is 285 cm³/mol. The van der Waals surface area contributed by atoms with Crippen LogP contribution in [0.15, 0.2) is 122 Å². The van der Waals surface area contributed by atoms with Crippen molar-refractivity contribution >= 4 is 32.4 Å². The highest BCUT2D eigenvalue weighted by atomic mass is 14.9. The molecule has 0 radical (unpaired) electrons. The van der Waals surface area contributed by atoms with E-state index in [1.54, 1.807) is 0 Å². The number of hydrogen-bond acceptors (Lipinski definition) is 3. The van der Waals surface area contributed by atoms with E-state index >= 15 is 0 Å². The van der Waals surface area contributed by atoms with Gasteiger partial charge < -0.3 is 0 Å². The molecule has 9 aromatic rings. The van der Waals surface area contributed by atoms with Crippen LogP contribution in [0, 0.1) is 54.4 Å². The number of rotatable bonds is 7. The van der Waals surface area contributed by atoms with E-state index in [0.29, 0.717) is 17.8 Å². The van der Waals surface area contributed by atoms with Gasteiger partial charge in [0.1, 0.15) is 26.7 Å². The molecule has 0 fully saturated rings. The smallest absolute Gasteiger partial charge is 0.213 e. The van der Waals surface area contributed by atoms with E-state index in [0.717, 1.165) is 11.9 Å². The highest BCUT2D eigenvalue weighted by Gasteiger charge is 2.20. The van der Waals surface area contributed by atoms with Gasteiger partial charge in [-0.15, -0.1) is 0 Å². The normalized spacial score (nSPS) is 11.4. The summed E-state index contributed by atoms with van der Waals surface area (Å²) in [7, 11) is 6.36. The molecule has 0 aliphatic carbocycles. The molecule has 3 aromatic carbocycles. The first-order chi connectivity index (χ1) is 32.3. The lowest BCUT2D eigenvalue weighted by Crippen LogP contribution is -2.31. The number of nitrogens with zero attached hydrogens (tertiary/aromatic N) is 6. The number of aryl methyl sites for hydroxylation is 8. The minimum atomic E-state index is 0.472. The van der Waals surface area contributed by atoms with Crippen LogP contribution in [0.1, 0.15) is 109 Å². The van der Waals surface area contributed by atoms with Crippen LogP contribution in [0.2, 0.25) is 0 Å². The third-order valence-electron chi connectivity index (χ3n) is 13.6. The van der Waals surface area contributed by atoms with Crippen molar-refractivity contribution in [2.45, 2.75) is 108 Å². The van der Waals surface area contributed by atoms with Crippen LogP contribution in [0.4, 0.5) is 0 Å². The van der Waals surface area contributed by atoms with Gasteiger partial charge in [0.25, 0.3) is 0 Å². The van der Waals surface area contributed by atoms with E-state index in [1.165, 1.54) is 116 Å². The van der Waals surface area contributed by atoms with Gasteiger partial charge in [-0.3, -0.25) is 9.97 Å². The van der Waals surface area contributed by atoms with Gasteiger partial charge in [-0.25, -0.2) is 14.1 Å². The first kappa shape index (κ1) is 49.3. The molecule has 6 nitrogen and oxygen atoms in total. The second-order valence-electron chi connectivity index (χ2n) is 20.3. The molecule has 0 bridgehead atoms. The Morgan fingerprint density at radius 2 is 0.985 bits per heavy atom. The van der Waals surface area contributed by atoms with Gasteiger partial charge >= 0.3 is 0 Å². The monoisotopic (exact) mass is 902 g/mol. The zero-order valence-corrected chi connectivity index (χ0v) is 43.7. The summed E-state index contributed by atoms with van der Waals surface area (Å²) < 4.78 is 6.66. The van der Waals surface area contributed by atoms with Gasteiger partial charge in [0.05, 0.1) is 10.8 Å². The second kappa shape index (κ2) is 20.7. The van der Waals surface area contributed by atoms with Crippen LogP contribution in [0.3, 0.4) is 0 Å². The van der Waals surface area contributed by atoms with Crippen molar-refractivity contribution in [2.75, 3.05) is 0 Å². The van der Waals surface area contributed by atoms with Gasteiger partial charge in [0.2, 0.25) is 17.1 Å². The highest BCUT2D eigenvalue weighted by molar-refractivity contribution is 5.88. The van der Waals surface area contributed by atoms with E-state index in [-0.39, 0.29) is 0 Å². The molecule has 0 unspecified atom stereocenters. The first-order valence-electron chi connectivity index (χ1n) is 24.4. The maximum atomic E-state index is 4.60. The van der Waals surface area contributed by atoms with E-state index in [1.807, 2.05) is 31.0 Å². The third-order valence-corrected chi connectivity index (χ3v) is 13.6. The number of hydrogen-bond donors (Lipinski definition) is 0. The van der Waals surface area contributed by atoms with Crippen molar-refractivity contribution in [3.63, 3.8) is 0 Å². The Bertz CT molecular complexity index is 3300. The van der Waals surface area contributed by atoms with Gasteiger partial charge in [0.15, 0.2) is 18.6 Å². The molecule has 0 amide bonds. The summed E-state index contributed by atoms with van der Waals surface area (Å²) in [5.74, 6) is 1.60. The number of benzene rings is 3. The molecule has 0 spiro atoms. The Hall–Kier alpha value is -6.66. The molecular formula is C62H73N6+3. The van der Waals surface area contributed by atoms with Crippen LogP contribution < -0.4 is 13.7 Å². The average molecular weight is 902 g/mol. The summed E-state index contributed by atoms with van der Waals surface area (Å²) in [5.41, 5.74) is 21.9. The molecule has 0 saturated carbocycles. The molecule has 0 N–H and O–H groups in total. The van der Waals surface area contributed by atoms with Crippen LogP contribution in [0.25, 0.3) is 66.2 Å². The molecule has 6 heterocycles. The molecule has 348 valence electrons. The topological polar surface area (TPSA) is 50.3 Å². The van der Waals surface area contributed by atoms with E-state index in [2.05, 4.69) is 231 Å². The zero-order valence-electron chi connectivity index (χ0n) is 43.7. The van der Waals surface area contributed by atoms with Crippen LogP contribution >= 0.6 is 0 Å². The Kier molecular flexibility index (Phi) is 15.0. The van der Waals surface area contributed by atoms with Crippen LogP contribution in [0.5, 0.6) is 0 Å². The number of pyridine rings is 6. The van der Waals surface area contributed by atoms with Crippen molar-refractivity contribution in [1.82, 2.24) is 15.0 Å². The van der Waals surface area contributed by atoms with E-state index in [4.69, 9.17) is 0 Å². The van der Waals surface area contributed by atoms with Gasteiger partial charge in [-0.05, 0) is 141 Å². The fourth-order valence-corrected chi connectivity index (χ4v) is 9.49. The third kappa shape index (κ3) is 10.7. The van der Waals surface area contributed by atoms with Crippen molar-refractivity contribution in [3.05, 3.63) is 178 Å². The fourth-order valence-electron chi connectivity index (χ4n) is 9.49. The van der Waals surface area contributed by atoms with Gasteiger partial charge in [-0.1, -0.05) is 83.0 Å². The van der Waals surface area contributed by atoms with E-state index in [9.17, 15) is 0 Å². The zero-order chi connectivity index (χ0) is 49.1. The van der Waals surface area contributed by atoms with Crippen molar-refractivity contribution < 1.29 is 13.7 Å². The maximum absolute atomic E-state index is 4.60. The summed E-state index contributed by atoms with van der Waals surface area (Å²) in [6.07, 6.45) is 17.6. The predicted octanol–water partition coefficient (Wildman–Crippen LogP) is 13.8. The molecule has 68 heavy (non-hydrogen) atoms. The minimum Gasteiger partial charge on any atom is -0.264 e. The van der Waals surface area contributed by atoms with E-state index < -0.39 is 0 Å². The maximum Gasteiger partial charge on any atom is 0.213 e. The Labute approximate surface area is 406 Å². The summed E-state index contributed by atoms with van der Waals surface area (Å²) >= 11 is 0. The largest absolute Gasteiger partial charge is 0.264 e. The lowest BCUT2D eigenvalue weighted by Gasteiger charge is -2.12. The minimum absolute atomic E-state index is 0.472. The van der Waals surface area contributed by atoms with Crippen molar-refractivity contribution in [2.24, 2.45) is 27.1 Å². The molecule has 6 heteroatoms. The quantitative estimate of drug-likeness (QED) is 0.150. The van der Waals surface area contributed by atoms with Crippen LogP contribution in [-0.4, -0.2) is 15.0 Å². The molecule has 0 aliphatic heterocycles. The fraction of sp³-hybridized carbons (Fsp3) is 0.323. The van der Waals surface area contributed by atoms with Crippen molar-refractivity contribution in [1.29, 1.82) is 0 Å². The SMILES string of the molecule is Cc1cc(C)c(C)c(-c2cc3cncc(C(C)C)c3c[n+]2C)c1.Cc1cc(C)c(C)c(-c2cc3cncc(CC(C)C)c3c[n+]2C)c1.Cc1ccccc1-c1cc2cc(C(C)C)cnc2c[n+]1C. The number of aromatic nitrogens is 6. The average Bonchev–Trinajstić information content (AvgIpc) is 3.28. The molecular weight excluding hydrogens is 829 g/mol. The molecule has 9 rings (SSSR count). The molecule has 0 atom stereocenters. The summed E-state index contributed by atoms with van der Waals surface area (Å²) in [4.78, 5) is 13.5.